The summed E-state index contributed by atoms with van der Waals surface area (Å²) in [4.78, 5) is 14.2. The van der Waals surface area contributed by atoms with Crippen LogP contribution in [0.5, 0.6) is 0 Å². The maximum Gasteiger partial charge on any atom is 0.225 e. The minimum absolute atomic E-state index is 0.0682. The number of aliphatic hydroxyl groups is 1. The Morgan fingerprint density at radius 2 is 2.06 bits per heavy atom. The lowest BCUT2D eigenvalue weighted by Gasteiger charge is -2.37. The van der Waals surface area contributed by atoms with Gasteiger partial charge in [-0.1, -0.05) is 13.8 Å². The van der Waals surface area contributed by atoms with Crippen molar-refractivity contribution in [3.63, 3.8) is 0 Å². The van der Waals surface area contributed by atoms with E-state index in [1.807, 2.05) is 4.90 Å². The number of nitrogens with two attached hydrogens (primary N) is 1. The molecule has 2 unspecified atom stereocenters. The fourth-order valence-corrected chi connectivity index (χ4v) is 2.71. The quantitative estimate of drug-likeness (QED) is 0.755. The zero-order valence-electron chi connectivity index (χ0n) is 11.1. The molecule has 1 amide bonds. The van der Waals surface area contributed by atoms with Crippen molar-refractivity contribution in [2.75, 3.05) is 19.7 Å². The highest BCUT2D eigenvalue weighted by molar-refractivity contribution is 5.78. The van der Waals surface area contributed by atoms with Crippen molar-refractivity contribution in [2.24, 2.45) is 17.6 Å². The van der Waals surface area contributed by atoms with Crippen LogP contribution in [0.3, 0.4) is 0 Å². The van der Waals surface area contributed by atoms with E-state index in [-0.39, 0.29) is 24.5 Å². The number of rotatable bonds is 5. The van der Waals surface area contributed by atoms with Crippen LogP contribution in [0.15, 0.2) is 0 Å². The Morgan fingerprint density at radius 1 is 1.41 bits per heavy atom. The fourth-order valence-electron chi connectivity index (χ4n) is 2.71. The summed E-state index contributed by atoms with van der Waals surface area (Å²) < 4.78 is 0. The van der Waals surface area contributed by atoms with Crippen LogP contribution < -0.4 is 5.73 Å². The van der Waals surface area contributed by atoms with Crippen molar-refractivity contribution in [1.29, 1.82) is 0 Å². The first-order valence-corrected chi connectivity index (χ1v) is 6.77. The van der Waals surface area contributed by atoms with Gasteiger partial charge in [0.2, 0.25) is 5.91 Å². The van der Waals surface area contributed by atoms with Gasteiger partial charge in [0.05, 0.1) is 0 Å². The Hall–Kier alpha value is -0.610. The topological polar surface area (TPSA) is 66.6 Å². The number of hydrogen-bond donors (Lipinski definition) is 2. The molecule has 0 saturated carbocycles. The molecule has 4 heteroatoms. The fraction of sp³-hybridized carbons (Fsp3) is 0.923. The number of amides is 1. The molecular weight excluding hydrogens is 216 g/mol. The average Bonchev–Trinajstić information content (AvgIpc) is 2.30. The molecule has 17 heavy (non-hydrogen) atoms. The van der Waals surface area contributed by atoms with E-state index >= 15 is 0 Å². The molecule has 0 bridgehead atoms. The molecular formula is C13H26N2O2. The summed E-state index contributed by atoms with van der Waals surface area (Å²) in [6.45, 7) is 5.74. The van der Waals surface area contributed by atoms with E-state index in [2.05, 4.69) is 13.8 Å². The average molecular weight is 242 g/mol. The molecule has 0 radical (unpaired) electrons. The summed E-state index contributed by atoms with van der Waals surface area (Å²) in [5, 5.41) is 8.99. The summed E-state index contributed by atoms with van der Waals surface area (Å²) >= 11 is 0. The van der Waals surface area contributed by atoms with Crippen LogP contribution in [-0.4, -0.2) is 41.7 Å². The largest absolute Gasteiger partial charge is 0.396 e. The van der Waals surface area contributed by atoms with Gasteiger partial charge >= 0.3 is 0 Å². The number of hydrogen-bond acceptors (Lipinski definition) is 3. The summed E-state index contributed by atoms with van der Waals surface area (Å²) in [5.74, 6) is 0.741. The molecule has 1 aliphatic rings. The Morgan fingerprint density at radius 3 is 2.59 bits per heavy atom. The van der Waals surface area contributed by atoms with Crippen LogP contribution in [0.1, 0.15) is 39.5 Å². The van der Waals surface area contributed by atoms with Crippen molar-refractivity contribution < 1.29 is 9.90 Å². The Balaban J connectivity index is 2.59. The molecule has 1 saturated heterocycles. The molecule has 4 nitrogen and oxygen atoms in total. The van der Waals surface area contributed by atoms with Crippen molar-refractivity contribution in [1.82, 2.24) is 4.90 Å². The van der Waals surface area contributed by atoms with Gasteiger partial charge in [-0.25, -0.2) is 0 Å². The number of likely N-dealkylation sites (tertiary alicyclic amines) is 1. The molecule has 3 N–H and O–H groups in total. The summed E-state index contributed by atoms with van der Waals surface area (Å²) in [5.41, 5.74) is 5.99. The molecule has 0 aromatic rings. The summed E-state index contributed by atoms with van der Waals surface area (Å²) in [7, 11) is 0. The molecule has 1 heterocycles. The van der Waals surface area contributed by atoms with E-state index in [1.165, 1.54) is 0 Å². The van der Waals surface area contributed by atoms with Gasteiger partial charge in [-0.3, -0.25) is 4.79 Å². The van der Waals surface area contributed by atoms with E-state index in [9.17, 15) is 4.79 Å². The van der Waals surface area contributed by atoms with Crippen LogP contribution in [0, 0.1) is 11.8 Å². The van der Waals surface area contributed by atoms with E-state index in [0.29, 0.717) is 12.5 Å². The molecule has 100 valence electrons. The Labute approximate surface area is 104 Å². The van der Waals surface area contributed by atoms with Crippen molar-refractivity contribution in [3.8, 4) is 0 Å². The van der Waals surface area contributed by atoms with Crippen LogP contribution in [0.25, 0.3) is 0 Å². The third-order valence-corrected chi connectivity index (χ3v) is 3.75. The second-order valence-electron chi connectivity index (χ2n) is 5.13. The lowest BCUT2D eigenvalue weighted by Crippen LogP contribution is -2.51. The van der Waals surface area contributed by atoms with Crippen LogP contribution in [0.4, 0.5) is 0 Å². The van der Waals surface area contributed by atoms with Gasteiger partial charge in [-0.2, -0.15) is 0 Å². The first-order chi connectivity index (χ1) is 8.12. The molecule has 1 rings (SSSR count). The second kappa shape index (κ2) is 6.97. The maximum absolute atomic E-state index is 12.3. The zero-order chi connectivity index (χ0) is 12.8. The van der Waals surface area contributed by atoms with Crippen LogP contribution in [0.2, 0.25) is 0 Å². The highest BCUT2D eigenvalue weighted by atomic mass is 16.3. The number of carbonyl (C=O) groups excluding carboxylic acids is 1. The third kappa shape index (κ3) is 3.96. The lowest BCUT2D eigenvalue weighted by molar-refractivity contribution is -0.138. The van der Waals surface area contributed by atoms with E-state index < -0.39 is 0 Å². The SMILES string of the molecule is CCC(CC)C(=O)N1CC(N)CC(CCO)C1. The lowest BCUT2D eigenvalue weighted by atomic mass is 9.90. The molecule has 1 aliphatic heterocycles. The predicted molar refractivity (Wildman–Crippen MR) is 68.4 cm³/mol. The molecule has 0 aliphatic carbocycles. The van der Waals surface area contributed by atoms with Crippen molar-refractivity contribution >= 4 is 5.91 Å². The van der Waals surface area contributed by atoms with Gasteiger partial charge in [0.1, 0.15) is 0 Å². The normalized spacial score (nSPS) is 25.4. The number of nitrogens with zero attached hydrogens (tertiary/aromatic N) is 1. The number of piperidine rings is 1. The number of aliphatic hydroxyl groups excluding tert-OH is 1. The minimum Gasteiger partial charge on any atom is -0.396 e. The van der Waals surface area contributed by atoms with Crippen LogP contribution in [-0.2, 0) is 4.79 Å². The standard InChI is InChI=1S/C13H26N2O2/c1-3-11(4-2)13(17)15-8-10(5-6-16)7-12(14)9-15/h10-12,16H,3-9,14H2,1-2H3. The molecule has 0 aromatic heterocycles. The van der Waals surface area contributed by atoms with Gasteiger partial charge < -0.3 is 15.7 Å². The minimum atomic E-state index is 0.0682. The Kier molecular flexibility index (Phi) is 5.92. The molecule has 0 spiro atoms. The molecule has 1 fully saturated rings. The third-order valence-electron chi connectivity index (χ3n) is 3.75. The second-order valence-corrected chi connectivity index (χ2v) is 5.13. The van der Waals surface area contributed by atoms with Crippen molar-refractivity contribution in [2.45, 2.75) is 45.6 Å². The van der Waals surface area contributed by atoms with E-state index in [4.69, 9.17) is 10.8 Å². The number of carbonyl (C=O) groups is 1. The van der Waals surface area contributed by atoms with Crippen molar-refractivity contribution in [3.05, 3.63) is 0 Å². The molecule has 2 atom stereocenters. The Bertz CT molecular complexity index is 242. The van der Waals surface area contributed by atoms with Gasteiger partial charge in [0, 0.05) is 31.7 Å². The first-order valence-electron chi connectivity index (χ1n) is 6.77. The van der Waals surface area contributed by atoms with Crippen LogP contribution >= 0.6 is 0 Å². The zero-order valence-corrected chi connectivity index (χ0v) is 11.1. The summed E-state index contributed by atoms with van der Waals surface area (Å²) in [6, 6.07) is 0.0682. The maximum atomic E-state index is 12.3. The monoisotopic (exact) mass is 242 g/mol. The first kappa shape index (κ1) is 14.5. The van der Waals surface area contributed by atoms with E-state index in [1.54, 1.807) is 0 Å². The summed E-state index contributed by atoms with van der Waals surface area (Å²) in [6.07, 6.45) is 3.46. The van der Waals surface area contributed by atoms with Gasteiger partial charge in [-0.05, 0) is 31.6 Å². The van der Waals surface area contributed by atoms with Gasteiger partial charge in [0.15, 0.2) is 0 Å². The highest BCUT2D eigenvalue weighted by Gasteiger charge is 2.30. The van der Waals surface area contributed by atoms with Gasteiger partial charge in [0.25, 0.3) is 0 Å². The smallest absolute Gasteiger partial charge is 0.225 e. The van der Waals surface area contributed by atoms with E-state index in [0.717, 1.165) is 32.2 Å². The highest BCUT2D eigenvalue weighted by Crippen LogP contribution is 2.22. The van der Waals surface area contributed by atoms with Gasteiger partial charge in [-0.15, -0.1) is 0 Å². The molecule has 0 aromatic carbocycles. The predicted octanol–water partition coefficient (Wildman–Crippen LogP) is 0.981.